The van der Waals surface area contributed by atoms with Gasteiger partial charge in [0.15, 0.2) is 0 Å². The van der Waals surface area contributed by atoms with Crippen LogP contribution in [0.25, 0.3) is 0 Å². The number of rotatable bonds is 17. The zero-order chi connectivity index (χ0) is 23.4. The standard InChI is InChI=1S/C25H41NO5S.Na/c1-2-3-4-5-6-7-8-9-10-11-12-13-14-15-16-21-17-18-23-24(21)19-22(32(29,30)31)20-25(23)26(27)28;/h19-21H,2-18H2,1H3,(H,29,30,31);/q;+1/p-1. The van der Waals surface area contributed by atoms with Gasteiger partial charge in [0.1, 0.15) is 10.1 Å². The molecular formula is C25H40NNaO5S. The van der Waals surface area contributed by atoms with E-state index >= 15 is 0 Å². The minimum atomic E-state index is -4.71. The van der Waals surface area contributed by atoms with Gasteiger partial charge in [0.05, 0.1) is 9.82 Å². The molecule has 0 spiro atoms. The van der Waals surface area contributed by atoms with E-state index in [0.717, 1.165) is 31.7 Å². The molecule has 1 aliphatic carbocycles. The first-order chi connectivity index (χ1) is 15.3. The molecule has 1 atom stereocenters. The topological polar surface area (TPSA) is 100 Å². The second-order valence-corrected chi connectivity index (χ2v) is 10.7. The summed E-state index contributed by atoms with van der Waals surface area (Å²) in [5, 5.41) is 11.4. The van der Waals surface area contributed by atoms with E-state index in [-0.39, 0.29) is 41.2 Å². The molecule has 1 aromatic carbocycles. The van der Waals surface area contributed by atoms with Crippen molar-refractivity contribution in [1.82, 2.24) is 0 Å². The Labute approximate surface area is 222 Å². The summed E-state index contributed by atoms with van der Waals surface area (Å²) in [5.74, 6) is 0.114. The van der Waals surface area contributed by atoms with E-state index in [0.29, 0.717) is 17.5 Å². The number of hydrogen-bond acceptors (Lipinski definition) is 5. The molecule has 1 aromatic rings. The minimum absolute atomic E-state index is 0. The predicted octanol–water partition coefficient (Wildman–Crippen LogP) is 4.40. The van der Waals surface area contributed by atoms with Crippen molar-refractivity contribution in [3.8, 4) is 0 Å². The normalized spacial score (nSPS) is 15.3. The van der Waals surface area contributed by atoms with Gasteiger partial charge in [-0.25, -0.2) is 8.42 Å². The fraction of sp³-hybridized carbons (Fsp3) is 0.760. The number of unbranched alkanes of at least 4 members (excludes halogenated alkanes) is 13. The molecule has 2 rings (SSSR count). The monoisotopic (exact) mass is 489 g/mol. The van der Waals surface area contributed by atoms with Gasteiger partial charge < -0.3 is 4.55 Å². The third-order valence-corrected chi connectivity index (χ3v) is 7.62. The number of hydrogen-bond donors (Lipinski definition) is 0. The molecule has 182 valence electrons. The summed E-state index contributed by atoms with van der Waals surface area (Å²) in [5.41, 5.74) is 1.08. The molecule has 0 saturated heterocycles. The van der Waals surface area contributed by atoms with Crippen LogP contribution in [0, 0.1) is 10.1 Å². The van der Waals surface area contributed by atoms with Crippen molar-refractivity contribution in [2.75, 3.05) is 0 Å². The van der Waals surface area contributed by atoms with Crippen molar-refractivity contribution in [2.24, 2.45) is 0 Å². The van der Waals surface area contributed by atoms with Crippen LogP contribution in [0.3, 0.4) is 0 Å². The average Bonchev–Trinajstić information content (AvgIpc) is 3.15. The third kappa shape index (κ3) is 10.8. The summed E-state index contributed by atoms with van der Waals surface area (Å²) >= 11 is 0. The maximum Gasteiger partial charge on any atom is 1.00 e. The van der Waals surface area contributed by atoms with Gasteiger partial charge in [-0.15, -0.1) is 0 Å². The van der Waals surface area contributed by atoms with Gasteiger partial charge in [-0.3, -0.25) is 10.1 Å². The maximum atomic E-state index is 11.4. The van der Waals surface area contributed by atoms with E-state index in [1.807, 2.05) is 0 Å². The molecule has 1 unspecified atom stereocenters. The average molecular weight is 490 g/mol. The van der Waals surface area contributed by atoms with Gasteiger partial charge in [-0.1, -0.05) is 96.8 Å². The van der Waals surface area contributed by atoms with Crippen LogP contribution in [0.15, 0.2) is 17.0 Å². The van der Waals surface area contributed by atoms with Crippen LogP contribution in [-0.2, 0) is 16.5 Å². The molecule has 0 N–H and O–H groups in total. The van der Waals surface area contributed by atoms with Gasteiger partial charge in [0.25, 0.3) is 5.69 Å². The number of fused-ring (bicyclic) bond motifs is 1. The van der Waals surface area contributed by atoms with Crippen molar-refractivity contribution >= 4 is 15.8 Å². The molecule has 0 radical (unpaired) electrons. The summed E-state index contributed by atoms with van der Waals surface area (Å²) in [6.07, 6.45) is 20.4. The van der Waals surface area contributed by atoms with Crippen molar-refractivity contribution < 1.29 is 47.5 Å². The zero-order valence-electron chi connectivity index (χ0n) is 20.6. The van der Waals surface area contributed by atoms with E-state index in [1.54, 1.807) is 0 Å². The second-order valence-electron chi connectivity index (χ2n) is 9.34. The van der Waals surface area contributed by atoms with Gasteiger partial charge >= 0.3 is 29.6 Å². The Balaban J connectivity index is 0.00000544. The fourth-order valence-corrected chi connectivity index (χ4v) is 5.48. The molecule has 33 heavy (non-hydrogen) atoms. The van der Waals surface area contributed by atoms with E-state index in [1.165, 1.54) is 83.1 Å². The van der Waals surface area contributed by atoms with Crippen LogP contribution in [0.4, 0.5) is 5.69 Å². The van der Waals surface area contributed by atoms with Gasteiger partial charge in [-0.05, 0) is 36.8 Å². The Morgan fingerprint density at radius 2 is 1.36 bits per heavy atom. The van der Waals surface area contributed by atoms with Crippen molar-refractivity contribution in [3.05, 3.63) is 33.4 Å². The maximum absolute atomic E-state index is 11.4. The summed E-state index contributed by atoms with van der Waals surface area (Å²) in [6, 6.07) is 2.31. The summed E-state index contributed by atoms with van der Waals surface area (Å²) in [7, 11) is -4.71. The first-order valence-corrected chi connectivity index (χ1v) is 14.0. The van der Waals surface area contributed by atoms with Gasteiger partial charge in [-0.2, -0.15) is 0 Å². The Morgan fingerprint density at radius 3 is 1.82 bits per heavy atom. The Morgan fingerprint density at radius 1 is 0.879 bits per heavy atom. The number of benzene rings is 1. The van der Waals surface area contributed by atoms with Crippen molar-refractivity contribution in [2.45, 2.75) is 127 Å². The van der Waals surface area contributed by atoms with Crippen molar-refractivity contribution in [1.29, 1.82) is 0 Å². The molecule has 1 aliphatic rings. The Bertz CT molecular complexity index is 828. The Hall–Kier alpha value is -0.470. The van der Waals surface area contributed by atoms with E-state index in [2.05, 4.69) is 6.92 Å². The second kappa shape index (κ2) is 16.2. The molecule has 8 heteroatoms. The van der Waals surface area contributed by atoms with Crippen molar-refractivity contribution in [3.63, 3.8) is 0 Å². The fourth-order valence-electron chi connectivity index (χ4n) is 4.95. The molecule has 0 aliphatic heterocycles. The molecule has 0 heterocycles. The van der Waals surface area contributed by atoms with E-state index in [4.69, 9.17) is 0 Å². The SMILES string of the molecule is CCCCCCCCCCCCCCCCC1CCc2c1cc(S(=O)(=O)[O-])cc2[N+](=O)[O-].[Na+]. The zero-order valence-corrected chi connectivity index (χ0v) is 23.5. The summed E-state index contributed by atoms with van der Waals surface area (Å²) < 4.78 is 34.3. The van der Waals surface area contributed by atoms with E-state index in [9.17, 15) is 23.1 Å². The third-order valence-electron chi connectivity index (χ3n) is 6.81. The first-order valence-electron chi connectivity index (χ1n) is 12.6. The van der Waals surface area contributed by atoms with Gasteiger partial charge in [0.2, 0.25) is 0 Å². The molecule has 0 aromatic heterocycles. The molecule has 0 amide bonds. The molecule has 0 saturated carbocycles. The smallest absolute Gasteiger partial charge is 0.744 e. The van der Waals surface area contributed by atoms with Crippen LogP contribution in [0.5, 0.6) is 0 Å². The predicted molar refractivity (Wildman–Crippen MR) is 127 cm³/mol. The largest absolute Gasteiger partial charge is 1.00 e. The molecular weight excluding hydrogens is 449 g/mol. The molecule has 0 fully saturated rings. The van der Waals surface area contributed by atoms with Crippen LogP contribution in [0.2, 0.25) is 0 Å². The van der Waals surface area contributed by atoms with E-state index < -0.39 is 19.9 Å². The first kappa shape index (κ1) is 30.6. The summed E-state index contributed by atoms with van der Waals surface area (Å²) in [4.78, 5) is 10.3. The summed E-state index contributed by atoms with van der Waals surface area (Å²) in [6.45, 7) is 2.25. The Kier molecular flexibility index (Phi) is 15.0. The quantitative estimate of drug-likeness (QED) is 0.106. The van der Waals surface area contributed by atoms with Crippen LogP contribution in [0.1, 0.15) is 127 Å². The number of nitro benzene ring substituents is 1. The molecule has 0 bridgehead atoms. The number of nitro groups is 1. The van der Waals surface area contributed by atoms with Crippen LogP contribution in [-0.4, -0.2) is 17.9 Å². The van der Waals surface area contributed by atoms with Gasteiger partial charge in [0, 0.05) is 11.6 Å². The molecule has 6 nitrogen and oxygen atoms in total. The van der Waals surface area contributed by atoms with Crippen LogP contribution >= 0.6 is 0 Å². The minimum Gasteiger partial charge on any atom is -0.744 e. The number of nitrogens with zero attached hydrogens (tertiary/aromatic N) is 1. The van der Waals surface area contributed by atoms with Crippen LogP contribution < -0.4 is 29.6 Å².